The zero-order valence-electron chi connectivity index (χ0n) is 17.1. The normalized spacial score (nSPS) is 26.5. The van der Waals surface area contributed by atoms with Gasteiger partial charge < -0.3 is 0 Å². The van der Waals surface area contributed by atoms with Gasteiger partial charge in [-0.1, -0.05) is 69.9 Å². The number of hydrogen-bond donors (Lipinski definition) is 0. The molecule has 2 aliphatic carbocycles. The summed E-state index contributed by atoms with van der Waals surface area (Å²) in [5.74, 6) is 2.63. The van der Waals surface area contributed by atoms with Gasteiger partial charge in [0.05, 0.1) is 0 Å². The Kier molecular flexibility index (Phi) is 7.72. The molecule has 3 unspecified atom stereocenters. The Morgan fingerprint density at radius 3 is 2.00 bits per heavy atom. The Bertz CT molecular complexity index is 577. The monoisotopic (exact) mass is 371 g/mol. The van der Waals surface area contributed by atoms with Gasteiger partial charge in [-0.3, -0.25) is 14.5 Å². The van der Waals surface area contributed by atoms with Gasteiger partial charge in [0.15, 0.2) is 0 Å². The molecule has 0 aromatic heterocycles. The van der Waals surface area contributed by atoms with E-state index in [1.807, 2.05) is 0 Å². The first-order valence-corrected chi connectivity index (χ1v) is 11.4. The van der Waals surface area contributed by atoms with Gasteiger partial charge in [0, 0.05) is 18.2 Å². The maximum Gasteiger partial charge on any atom is 0.256 e. The highest BCUT2D eigenvalue weighted by Crippen LogP contribution is 2.45. The lowest BCUT2D eigenvalue weighted by Crippen LogP contribution is -2.31. The minimum Gasteiger partial charge on any atom is -0.275 e. The molecule has 3 nitrogen and oxygen atoms in total. The van der Waals surface area contributed by atoms with Crippen molar-refractivity contribution in [3.05, 3.63) is 23.8 Å². The smallest absolute Gasteiger partial charge is 0.256 e. The summed E-state index contributed by atoms with van der Waals surface area (Å²) in [6.45, 7) is 2.31. The van der Waals surface area contributed by atoms with Crippen LogP contribution in [0.25, 0.3) is 0 Å². The molecule has 0 N–H and O–H groups in total. The van der Waals surface area contributed by atoms with Crippen molar-refractivity contribution in [1.29, 1.82) is 0 Å². The maximum absolute atomic E-state index is 11.8. The first-order chi connectivity index (χ1) is 13.1. The summed E-state index contributed by atoms with van der Waals surface area (Å²) < 4.78 is 0. The molecule has 3 heteroatoms. The number of allylic oxidation sites excluding steroid dienone is 2. The van der Waals surface area contributed by atoms with Gasteiger partial charge in [-0.25, -0.2) is 0 Å². The minimum atomic E-state index is -0.130. The zero-order valence-corrected chi connectivity index (χ0v) is 17.1. The number of amides is 2. The number of nitrogens with zero attached hydrogens (tertiary/aromatic N) is 1. The van der Waals surface area contributed by atoms with Crippen LogP contribution in [0.15, 0.2) is 23.8 Å². The summed E-state index contributed by atoms with van der Waals surface area (Å²) in [6, 6.07) is 0. The SMILES string of the molecule is CC1=CC(=O)N(CCCCCCCCCCCCC2CC3C=CC2C3)C1=O. The fourth-order valence-corrected chi connectivity index (χ4v) is 5.17. The standard InChI is InChI=1S/C24H37NO2/c1-19-16-23(26)25(24(19)27)15-11-9-7-5-3-2-4-6-8-10-12-21-17-20-13-14-22(21)18-20/h13-14,16,20-22H,2-12,15,17-18H2,1H3. The lowest BCUT2D eigenvalue weighted by Gasteiger charge is -2.17. The predicted octanol–water partition coefficient (Wildman–Crippen LogP) is 5.80. The van der Waals surface area contributed by atoms with Gasteiger partial charge in [-0.2, -0.15) is 0 Å². The van der Waals surface area contributed by atoms with E-state index in [-0.39, 0.29) is 11.8 Å². The van der Waals surface area contributed by atoms with Gasteiger partial charge >= 0.3 is 0 Å². The summed E-state index contributed by atoms with van der Waals surface area (Å²) >= 11 is 0. The Labute approximate surface area is 165 Å². The molecule has 2 amide bonds. The molecule has 2 bridgehead atoms. The summed E-state index contributed by atoms with van der Waals surface area (Å²) in [7, 11) is 0. The fraction of sp³-hybridized carbons (Fsp3) is 0.750. The van der Waals surface area contributed by atoms with Gasteiger partial charge in [0.2, 0.25) is 0 Å². The van der Waals surface area contributed by atoms with E-state index in [0.717, 1.165) is 30.6 Å². The predicted molar refractivity (Wildman–Crippen MR) is 110 cm³/mol. The van der Waals surface area contributed by atoms with Crippen molar-refractivity contribution in [3.63, 3.8) is 0 Å². The van der Waals surface area contributed by atoms with Gasteiger partial charge in [0.25, 0.3) is 11.8 Å². The maximum atomic E-state index is 11.8. The van der Waals surface area contributed by atoms with Crippen LogP contribution in [0.1, 0.15) is 90.4 Å². The largest absolute Gasteiger partial charge is 0.275 e. The third-order valence-corrected chi connectivity index (χ3v) is 6.81. The first-order valence-electron chi connectivity index (χ1n) is 11.4. The third-order valence-electron chi connectivity index (χ3n) is 6.81. The Morgan fingerprint density at radius 1 is 0.852 bits per heavy atom. The molecule has 0 spiro atoms. The second-order valence-corrected chi connectivity index (χ2v) is 8.99. The van der Waals surface area contributed by atoms with E-state index in [4.69, 9.17) is 0 Å². The number of hydrogen-bond acceptors (Lipinski definition) is 2. The molecule has 0 aromatic rings. The van der Waals surface area contributed by atoms with Gasteiger partial charge in [0.1, 0.15) is 0 Å². The molecule has 1 heterocycles. The van der Waals surface area contributed by atoms with E-state index in [2.05, 4.69) is 12.2 Å². The van der Waals surface area contributed by atoms with E-state index >= 15 is 0 Å². The van der Waals surface area contributed by atoms with E-state index in [9.17, 15) is 9.59 Å². The zero-order chi connectivity index (χ0) is 19.1. The first kappa shape index (κ1) is 20.4. The average Bonchev–Trinajstić information content (AvgIpc) is 3.33. The molecule has 0 aromatic carbocycles. The van der Waals surface area contributed by atoms with Gasteiger partial charge in [-0.15, -0.1) is 0 Å². The molecule has 3 atom stereocenters. The number of imide groups is 1. The number of rotatable bonds is 13. The lowest BCUT2D eigenvalue weighted by molar-refractivity contribution is -0.137. The summed E-state index contributed by atoms with van der Waals surface area (Å²) in [5.41, 5.74) is 0.576. The topological polar surface area (TPSA) is 37.4 Å². The van der Waals surface area contributed by atoms with Crippen LogP contribution in [0.4, 0.5) is 0 Å². The highest BCUT2D eigenvalue weighted by Gasteiger charge is 2.34. The second-order valence-electron chi connectivity index (χ2n) is 8.99. The molecular formula is C24H37NO2. The number of carbonyl (C=O) groups excluding carboxylic acids is 2. The van der Waals surface area contributed by atoms with E-state index in [0.29, 0.717) is 12.1 Å². The van der Waals surface area contributed by atoms with Crippen molar-refractivity contribution < 1.29 is 9.59 Å². The third kappa shape index (κ3) is 5.80. The van der Waals surface area contributed by atoms with Crippen LogP contribution in [0, 0.1) is 17.8 Å². The highest BCUT2D eigenvalue weighted by molar-refractivity contribution is 6.15. The van der Waals surface area contributed by atoms with E-state index in [1.54, 1.807) is 6.92 Å². The fourth-order valence-electron chi connectivity index (χ4n) is 5.17. The molecule has 1 fully saturated rings. The van der Waals surface area contributed by atoms with E-state index in [1.165, 1.54) is 81.6 Å². The van der Waals surface area contributed by atoms with Crippen molar-refractivity contribution in [2.75, 3.05) is 6.54 Å². The van der Waals surface area contributed by atoms with Crippen molar-refractivity contribution in [2.24, 2.45) is 17.8 Å². The lowest BCUT2D eigenvalue weighted by atomic mass is 9.88. The summed E-state index contributed by atoms with van der Waals surface area (Å²) in [4.78, 5) is 24.8. The second kappa shape index (κ2) is 10.2. The van der Waals surface area contributed by atoms with Crippen molar-refractivity contribution in [1.82, 2.24) is 4.90 Å². The molecule has 3 aliphatic rings. The average molecular weight is 372 g/mol. The minimum absolute atomic E-state index is 0.100. The molecule has 1 saturated carbocycles. The molecule has 3 rings (SSSR count). The van der Waals surface area contributed by atoms with Crippen LogP contribution in [0.2, 0.25) is 0 Å². The molecular weight excluding hydrogens is 334 g/mol. The van der Waals surface area contributed by atoms with Crippen LogP contribution in [0.3, 0.4) is 0 Å². The number of unbranched alkanes of at least 4 members (excludes halogenated alkanes) is 9. The molecule has 150 valence electrons. The van der Waals surface area contributed by atoms with Crippen LogP contribution in [-0.2, 0) is 9.59 Å². The van der Waals surface area contributed by atoms with Crippen molar-refractivity contribution in [3.8, 4) is 0 Å². The molecule has 1 aliphatic heterocycles. The molecule has 27 heavy (non-hydrogen) atoms. The Balaban J connectivity index is 1.08. The van der Waals surface area contributed by atoms with Crippen molar-refractivity contribution in [2.45, 2.75) is 90.4 Å². The van der Waals surface area contributed by atoms with Crippen LogP contribution < -0.4 is 0 Å². The van der Waals surface area contributed by atoms with Crippen molar-refractivity contribution >= 4 is 11.8 Å². The van der Waals surface area contributed by atoms with Crippen LogP contribution in [0.5, 0.6) is 0 Å². The van der Waals surface area contributed by atoms with Crippen LogP contribution >= 0.6 is 0 Å². The summed E-state index contributed by atoms with van der Waals surface area (Å²) in [6.07, 6.45) is 23.7. The quantitative estimate of drug-likeness (QED) is 0.233. The number of carbonyl (C=O) groups is 2. The number of fused-ring (bicyclic) bond motifs is 2. The highest BCUT2D eigenvalue weighted by atomic mass is 16.2. The van der Waals surface area contributed by atoms with Gasteiger partial charge in [-0.05, 0) is 50.4 Å². The van der Waals surface area contributed by atoms with E-state index < -0.39 is 0 Å². The molecule has 0 radical (unpaired) electrons. The van der Waals surface area contributed by atoms with Crippen LogP contribution in [-0.4, -0.2) is 23.3 Å². The molecule has 0 saturated heterocycles. The summed E-state index contributed by atoms with van der Waals surface area (Å²) in [5, 5.41) is 0. The Hall–Kier alpha value is -1.38. The Morgan fingerprint density at radius 2 is 1.48 bits per heavy atom.